The van der Waals surface area contributed by atoms with Crippen molar-refractivity contribution in [2.75, 3.05) is 7.11 Å². The normalized spacial score (nSPS) is 10.6. The van der Waals surface area contributed by atoms with E-state index in [1.165, 1.54) is 13.2 Å². The average molecular weight is 383 g/mol. The van der Waals surface area contributed by atoms with Crippen molar-refractivity contribution in [3.05, 3.63) is 83.6 Å². The minimum Gasteiger partial charge on any atom is -0.508 e. The smallest absolute Gasteiger partial charge is 0.223 e. The Labute approximate surface area is 163 Å². The maximum absolute atomic E-state index is 13.9. The third-order valence-electron chi connectivity index (χ3n) is 4.48. The van der Waals surface area contributed by atoms with E-state index in [0.717, 1.165) is 0 Å². The van der Waals surface area contributed by atoms with Crippen molar-refractivity contribution >= 4 is 5.91 Å². The highest BCUT2D eigenvalue weighted by molar-refractivity contribution is 5.76. The summed E-state index contributed by atoms with van der Waals surface area (Å²) in [4.78, 5) is 14.5. The van der Waals surface area contributed by atoms with Gasteiger partial charge in [-0.15, -0.1) is 0 Å². The van der Waals surface area contributed by atoms with Gasteiger partial charge in [0.05, 0.1) is 19.9 Å². The first-order valence-corrected chi connectivity index (χ1v) is 8.96. The molecule has 0 radical (unpaired) electrons. The number of aryl methyl sites for hydroxylation is 1. The van der Waals surface area contributed by atoms with Crippen LogP contribution in [0.1, 0.15) is 23.3 Å². The minimum absolute atomic E-state index is 0.115. The zero-order valence-electron chi connectivity index (χ0n) is 15.6. The molecule has 0 bridgehead atoms. The fourth-order valence-corrected chi connectivity index (χ4v) is 2.95. The summed E-state index contributed by atoms with van der Waals surface area (Å²) >= 11 is 0. The molecule has 1 heterocycles. The van der Waals surface area contributed by atoms with Crippen molar-refractivity contribution in [2.45, 2.75) is 25.9 Å². The van der Waals surface area contributed by atoms with Crippen LogP contribution in [0.3, 0.4) is 0 Å². The van der Waals surface area contributed by atoms with Crippen molar-refractivity contribution in [1.82, 2.24) is 4.90 Å². The van der Waals surface area contributed by atoms with Gasteiger partial charge in [-0.3, -0.25) is 4.79 Å². The first-order chi connectivity index (χ1) is 13.6. The molecule has 1 amide bonds. The molecule has 0 aliphatic heterocycles. The summed E-state index contributed by atoms with van der Waals surface area (Å²) in [7, 11) is 1.41. The quantitative estimate of drug-likeness (QED) is 0.630. The van der Waals surface area contributed by atoms with Crippen molar-refractivity contribution in [1.29, 1.82) is 0 Å². The largest absolute Gasteiger partial charge is 0.508 e. The lowest BCUT2D eigenvalue weighted by molar-refractivity contribution is -0.132. The molecule has 5 nitrogen and oxygen atoms in total. The summed E-state index contributed by atoms with van der Waals surface area (Å²) in [6, 6.07) is 15.1. The monoisotopic (exact) mass is 383 g/mol. The molecule has 28 heavy (non-hydrogen) atoms. The van der Waals surface area contributed by atoms with E-state index < -0.39 is 5.82 Å². The number of halogens is 1. The van der Waals surface area contributed by atoms with Gasteiger partial charge in [0.2, 0.25) is 5.91 Å². The number of carbonyl (C=O) groups is 1. The number of methoxy groups -OCH3 is 1. The molecule has 146 valence electrons. The zero-order valence-corrected chi connectivity index (χ0v) is 15.6. The summed E-state index contributed by atoms with van der Waals surface area (Å²) < 4.78 is 24.1. The van der Waals surface area contributed by atoms with Gasteiger partial charge in [-0.05, 0) is 42.3 Å². The minimum atomic E-state index is -0.450. The number of phenols is 1. The number of hydrogen-bond donors (Lipinski definition) is 1. The second kappa shape index (κ2) is 9.08. The Hall–Kier alpha value is -3.28. The van der Waals surface area contributed by atoms with Crippen LogP contribution < -0.4 is 4.74 Å². The van der Waals surface area contributed by atoms with Gasteiger partial charge < -0.3 is 19.2 Å². The first kappa shape index (κ1) is 19.5. The number of rotatable bonds is 8. The Morgan fingerprint density at radius 3 is 2.64 bits per heavy atom. The van der Waals surface area contributed by atoms with Crippen molar-refractivity contribution < 1.29 is 23.4 Å². The molecule has 2 aromatic carbocycles. The van der Waals surface area contributed by atoms with E-state index in [1.54, 1.807) is 53.6 Å². The number of amides is 1. The van der Waals surface area contributed by atoms with E-state index in [1.807, 2.05) is 6.07 Å². The fraction of sp³-hybridized carbons (Fsp3) is 0.227. The number of phenolic OH excluding ortho intramolecular Hbond substituents is 1. The maximum atomic E-state index is 13.9. The van der Waals surface area contributed by atoms with Gasteiger partial charge in [0.15, 0.2) is 11.6 Å². The number of carbonyl (C=O) groups excluding carboxylic acids is 1. The zero-order chi connectivity index (χ0) is 19.9. The molecule has 0 saturated heterocycles. The Kier molecular flexibility index (Phi) is 6.32. The standard InChI is InChI=1S/C22H22FNO4/c1-27-21-10-8-16(13-19(21)23)9-11-22(26)24(15-18-6-4-12-28-18)14-17-5-2-3-7-20(17)25/h2-8,10,12-13,25H,9,11,14-15H2,1H3. The molecule has 0 aliphatic carbocycles. The van der Waals surface area contributed by atoms with Crippen LogP contribution >= 0.6 is 0 Å². The van der Waals surface area contributed by atoms with Crippen LogP contribution in [0.2, 0.25) is 0 Å². The SMILES string of the molecule is COc1ccc(CCC(=O)N(Cc2ccco2)Cc2ccccc2O)cc1F. The lowest BCUT2D eigenvalue weighted by atomic mass is 10.1. The van der Waals surface area contributed by atoms with Crippen LogP contribution in [0.4, 0.5) is 4.39 Å². The van der Waals surface area contributed by atoms with Crippen LogP contribution in [-0.2, 0) is 24.3 Å². The topological polar surface area (TPSA) is 62.9 Å². The van der Waals surface area contributed by atoms with Crippen LogP contribution in [0.5, 0.6) is 11.5 Å². The number of hydrogen-bond acceptors (Lipinski definition) is 4. The Morgan fingerprint density at radius 2 is 1.96 bits per heavy atom. The second-order valence-corrected chi connectivity index (χ2v) is 6.43. The van der Waals surface area contributed by atoms with E-state index in [9.17, 15) is 14.3 Å². The average Bonchev–Trinajstić information content (AvgIpc) is 3.20. The van der Waals surface area contributed by atoms with Crippen LogP contribution in [0.25, 0.3) is 0 Å². The lowest BCUT2D eigenvalue weighted by Crippen LogP contribution is -2.30. The molecule has 1 aromatic heterocycles. The second-order valence-electron chi connectivity index (χ2n) is 6.43. The molecule has 0 aliphatic rings. The number of para-hydroxylation sites is 1. The summed E-state index contributed by atoms with van der Waals surface area (Å²) in [6.45, 7) is 0.542. The highest BCUT2D eigenvalue weighted by Crippen LogP contribution is 2.21. The summed E-state index contributed by atoms with van der Waals surface area (Å²) in [6.07, 6.45) is 2.16. The number of ether oxygens (including phenoxy) is 1. The summed E-state index contributed by atoms with van der Waals surface area (Å²) in [5, 5.41) is 10.0. The molecule has 0 atom stereocenters. The lowest BCUT2D eigenvalue weighted by Gasteiger charge is -2.22. The highest BCUT2D eigenvalue weighted by atomic mass is 19.1. The van der Waals surface area contributed by atoms with Gasteiger partial charge in [-0.1, -0.05) is 24.3 Å². The van der Waals surface area contributed by atoms with Crippen molar-refractivity contribution in [2.24, 2.45) is 0 Å². The Morgan fingerprint density at radius 1 is 1.14 bits per heavy atom. The molecule has 0 unspecified atom stereocenters. The van der Waals surface area contributed by atoms with Gasteiger partial charge in [0.25, 0.3) is 0 Å². The Balaban J connectivity index is 1.70. The summed E-state index contributed by atoms with van der Waals surface area (Å²) in [5.74, 6) is 0.398. The maximum Gasteiger partial charge on any atom is 0.223 e. The van der Waals surface area contributed by atoms with Gasteiger partial charge in [0.1, 0.15) is 11.5 Å². The van der Waals surface area contributed by atoms with Crippen molar-refractivity contribution in [3.63, 3.8) is 0 Å². The highest BCUT2D eigenvalue weighted by Gasteiger charge is 2.17. The number of benzene rings is 2. The molecule has 1 N–H and O–H groups in total. The number of furan rings is 1. The van der Waals surface area contributed by atoms with Crippen molar-refractivity contribution in [3.8, 4) is 11.5 Å². The van der Waals surface area contributed by atoms with E-state index in [-0.39, 0.29) is 36.9 Å². The van der Waals surface area contributed by atoms with E-state index >= 15 is 0 Å². The van der Waals surface area contributed by atoms with E-state index in [4.69, 9.17) is 9.15 Å². The third kappa shape index (κ3) is 4.91. The van der Waals surface area contributed by atoms with Gasteiger partial charge in [0, 0.05) is 18.5 Å². The molecular formula is C22H22FNO4. The van der Waals surface area contributed by atoms with Gasteiger partial charge in [-0.2, -0.15) is 0 Å². The number of aromatic hydroxyl groups is 1. The fourth-order valence-electron chi connectivity index (χ4n) is 2.95. The first-order valence-electron chi connectivity index (χ1n) is 8.96. The van der Waals surface area contributed by atoms with Gasteiger partial charge in [-0.25, -0.2) is 4.39 Å². The molecular weight excluding hydrogens is 361 g/mol. The Bertz CT molecular complexity index is 924. The number of nitrogens with zero attached hydrogens (tertiary/aromatic N) is 1. The van der Waals surface area contributed by atoms with E-state index in [2.05, 4.69) is 0 Å². The predicted molar refractivity (Wildman–Crippen MR) is 102 cm³/mol. The van der Waals surface area contributed by atoms with Crippen LogP contribution in [0, 0.1) is 5.82 Å². The summed E-state index contributed by atoms with van der Waals surface area (Å²) in [5.41, 5.74) is 1.37. The molecule has 0 spiro atoms. The molecule has 0 saturated carbocycles. The van der Waals surface area contributed by atoms with Gasteiger partial charge >= 0.3 is 0 Å². The molecule has 3 rings (SSSR count). The molecule has 0 fully saturated rings. The van der Waals surface area contributed by atoms with Crippen LogP contribution in [0.15, 0.2) is 65.3 Å². The van der Waals surface area contributed by atoms with E-state index in [0.29, 0.717) is 23.3 Å². The van der Waals surface area contributed by atoms with Crippen LogP contribution in [-0.4, -0.2) is 23.0 Å². The molecule has 3 aromatic rings. The molecule has 6 heteroatoms. The predicted octanol–water partition coefficient (Wildman–Crippen LogP) is 4.29. The third-order valence-corrected chi connectivity index (χ3v) is 4.48.